The number of imidazole rings is 1. The first-order chi connectivity index (χ1) is 8.38. The lowest BCUT2D eigenvalue weighted by Crippen LogP contribution is -2.14. The Morgan fingerprint density at radius 1 is 1.17 bits per heavy atom. The highest BCUT2D eigenvalue weighted by atomic mass is 15.0. The molecule has 1 heterocycles. The Labute approximate surface area is 109 Å². The molecule has 1 unspecified atom stereocenters. The van der Waals surface area contributed by atoms with Crippen molar-refractivity contribution in [2.24, 2.45) is 12.8 Å². The summed E-state index contributed by atoms with van der Waals surface area (Å²) in [6.07, 6.45) is 3.74. The normalized spacial score (nSPS) is 13.6. The lowest BCUT2D eigenvalue weighted by molar-refractivity contribution is 0.589. The summed E-state index contributed by atoms with van der Waals surface area (Å²) in [7, 11) is 1.95. The fourth-order valence-electron chi connectivity index (χ4n) is 1.95. The van der Waals surface area contributed by atoms with Crippen molar-refractivity contribution in [1.29, 1.82) is 0 Å². The first-order valence-corrected chi connectivity index (χ1v) is 6.22. The van der Waals surface area contributed by atoms with Gasteiger partial charge >= 0.3 is 0 Å². The van der Waals surface area contributed by atoms with Gasteiger partial charge in [-0.2, -0.15) is 0 Å². The van der Waals surface area contributed by atoms with E-state index in [1.54, 1.807) is 6.33 Å². The third-order valence-corrected chi connectivity index (χ3v) is 3.18. The number of hydrogen-bond acceptors (Lipinski definition) is 2. The maximum Gasteiger partial charge on any atom is 0.0947 e. The van der Waals surface area contributed by atoms with E-state index in [9.17, 15) is 0 Å². The molecule has 0 aliphatic heterocycles. The second-order valence-electron chi connectivity index (χ2n) is 5.81. The highest BCUT2D eigenvalue weighted by Gasteiger charge is 2.15. The maximum atomic E-state index is 6.21. The molecule has 2 rings (SSSR count). The van der Waals surface area contributed by atoms with Crippen molar-refractivity contribution < 1.29 is 0 Å². The molecule has 0 aliphatic carbocycles. The molecule has 0 bridgehead atoms. The molecule has 1 atom stereocenters. The van der Waals surface area contributed by atoms with Crippen molar-refractivity contribution in [2.45, 2.75) is 32.2 Å². The van der Waals surface area contributed by atoms with Gasteiger partial charge in [-0.3, -0.25) is 0 Å². The van der Waals surface area contributed by atoms with Gasteiger partial charge in [-0.15, -0.1) is 0 Å². The fraction of sp³-hybridized carbons (Fsp3) is 0.400. The van der Waals surface area contributed by atoms with Crippen LogP contribution in [-0.2, 0) is 12.5 Å². The first kappa shape index (κ1) is 12.8. The van der Waals surface area contributed by atoms with Gasteiger partial charge in [0.05, 0.1) is 18.1 Å². The summed E-state index contributed by atoms with van der Waals surface area (Å²) in [6.45, 7) is 6.63. The average Bonchev–Trinajstić information content (AvgIpc) is 2.74. The Hall–Kier alpha value is -1.61. The van der Waals surface area contributed by atoms with Gasteiger partial charge < -0.3 is 10.3 Å². The number of benzene rings is 1. The number of nitrogens with two attached hydrogens (primary N) is 1. The highest BCUT2D eigenvalue weighted by molar-refractivity contribution is 5.32. The van der Waals surface area contributed by atoms with E-state index in [-0.39, 0.29) is 11.5 Å². The van der Waals surface area contributed by atoms with Crippen LogP contribution in [0.1, 0.15) is 43.6 Å². The molecule has 96 valence electrons. The van der Waals surface area contributed by atoms with Crippen molar-refractivity contribution in [2.75, 3.05) is 0 Å². The van der Waals surface area contributed by atoms with Gasteiger partial charge in [0.25, 0.3) is 0 Å². The predicted molar refractivity (Wildman–Crippen MR) is 74.4 cm³/mol. The molecule has 18 heavy (non-hydrogen) atoms. The highest BCUT2D eigenvalue weighted by Crippen LogP contribution is 2.24. The molecule has 0 saturated heterocycles. The first-order valence-electron chi connectivity index (χ1n) is 6.22. The zero-order valence-corrected chi connectivity index (χ0v) is 11.5. The molecule has 3 nitrogen and oxygen atoms in total. The van der Waals surface area contributed by atoms with Gasteiger partial charge in [-0.05, 0) is 16.5 Å². The molecule has 0 radical (unpaired) electrons. The van der Waals surface area contributed by atoms with Gasteiger partial charge in [0.2, 0.25) is 0 Å². The van der Waals surface area contributed by atoms with Crippen LogP contribution in [-0.4, -0.2) is 9.55 Å². The second kappa shape index (κ2) is 4.58. The Kier molecular flexibility index (Phi) is 3.26. The van der Waals surface area contributed by atoms with Gasteiger partial charge in [-0.1, -0.05) is 45.0 Å². The zero-order valence-electron chi connectivity index (χ0n) is 11.5. The Morgan fingerprint density at radius 2 is 1.78 bits per heavy atom. The molecule has 3 heteroatoms. The molecule has 0 aliphatic rings. The van der Waals surface area contributed by atoms with Crippen LogP contribution < -0.4 is 5.73 Å². The van der Waals surface area contributed by atoms with E-state index in [4.69, 9.17) is 5.73 Å². The van der Waals surface area contributed by atoms with Crippen LogP contribution >= 0.6 is 0 Å². The van der Waals surface area contributed by atoms with E-state index < -0.39 is 0 Å². The molecular formula is C15H21N3. The van der Waals surface area contributed by atoms with Crippen LogP contribution in [0, 0.1) is 0 Å². The number of aryl methyl sites for hydroxylation is 1. The fourth-order valence-corrected chi connectivity index (χ4v) is 1.95. The molecule has 0 saturated carbocycles. The Morgan fingerprint density at radius 3 is 2.22 bits per heavy atom. The van der Waals surface area contributed by atoms with E-state index >= 15 is 0 Å². The summed E-state index contributed by atoms with van der Waals surface area (Å²) in [5.41, 5.74) is 9.71. The zero-order chi connectivity index (χ0) is 13.3. The molecule has 2 N–H and O–H groups in total. The van der Waals surface area contributed by atoms with Gasteiger partial charge in [0, 0.05) is 13.2 Å². The lowest BCUT2D eigenvalue weighted by Gasteiger charge is -2.20. The number of aromatic nitrogens is 2. The summed E-state index contributed by atoms with van der Waals surface area (Å²) in [5, 5.41) is 0. The third kappa shape index (κ3) is 2.62. The molecule has 0 amide bonds. The van der Waals surface area contributed by atoms with Gasteiger partial charge in [0.1, 0.15) is 0 Å². The second-order valence-corrected chi connectivity index (χ2v) is 5.81. The molecular weight excluding hydrogens is 222 g/mol. The summed E-state index contributed by atoms with van der Waals surface area (Å²) >= 11 is 0. The molecule has 0 fully saturated rings. The van der Waals surface area contributed by atoms with Crippen LogP contribution in [0.2, 0.25) is 0 Å². The largest absolute Gasteiger partial charge is 0.340 e. The lowest BCUT2D eigenvalue weighted by atomic mass is 9.86. The number of hydrogen-bond donors (Lipinski definition) is 1. The molecule has 1 aromatic carbocycles. The van der Waals surface area contributed by atoms with E-state index in [1.807, 2.05) is 17.8 Å². The summed E-state index contributed by atoms with van der Waals surface area (Å²) in [5.74, 6) is 0. The summed E-state index contributed by atoms with van der Waals surface area (Å²) < 4.78 is 1.92. The van der Waals surface area contributed by atoms with E-state index in [0.29, 0.717) is 0 Å². The monoisotopic (exact) mass is 243 g/mol. The summed E-state index contributed by atoms with van der Waals surface area (Å²) in [4.78, 5) is 4.30. The Bertz CT molecular complexity index is 517. The minimum absolute atomic E-state index is 0.153. The number of nitrogens with zero attached hydrogens (tertiary/aromatic N) is 2. The van der Waals surface area contributed by atoms with E-state index in [2.05, 4.69) is 50.0 Å². The molecule has 0 spiro atoms. The summed E-state index contributed by atoms with van der Waals surface area (Å²) in [6, 6.07) is 8.34. The molecule has 2 aromatic rings. The van der Waals surface area contributed by atoms with Crippen molar-refractivity contribution in [3.63, 3.8) is 0 Å². The van der Waals surface area contributed by atoms with Crippen LogP contribution in [0.15, 0.2) is 36.8 Å². The quantitative estimate of drug-likeness (QED) is 0.881. The van der Waals surface area contributed by atoms with E-state index in [1.165, 1.54) is 5.56 Å². The van der Waals surface area contributed by atoms with E-state index in [0.717, 1.165) is 11.3 Å². The van der Waals surface area contributed by atoms with Crippen LogP contribution in [0.3, 0.4) is 0 Å². The smallest absolute Gasteiger partial charge is 0.0947 e. The maximum absolute atomic E-state index is 6.21. The van der Waals surface area contributed by atoms with Crippen LogP contribution in [0.4, 0.5) is 0 Å². The van der Waals surface area contributed by atoms with Crippen molar-refractivity contribution in [3.8, 4) is 0 Å². The topological polar surface area (TPSA) is 43.8 Å². The third-order valence-electron chi connectivity index (χ3n) is 3.18. The van der Waals surface area contributed by atoms with Crippen molar-refractivity contribution in [3.05, 3.63) is 53.6 Å². The standard InChI is InChI=1S/C15H21N3/c1-15(2,3)12-7-5-11(6-8-12)14(16)13-9-18(4)10-17-13/h5-10,14H,16H2,1-4H3. The SMILES string of the molecule is Cn1cnc(C(N)c2ccc(C(C)(C)C)cc2)c1. The van der Waals surface area contributed by atoms with Gasteiger partial charge in [-0.25, -0.2) is 4.98 Å². The van der Waals surface area contributed by atoms with Crippen molar-refractivity contribution >= 4 is 0 Å². The minimum atomic E-state index is -0.153. The predicted octanol–water partition coefficient (Wildman–Crippen LogP) is 2.77. The van der Waals surface area contributed by atoms with Gasteiger partial charge in [0.15, 0.2) is 0 Å². The van der Waals surface area contributed by atoms with Crippen molar-refractivity contribution in [1.82, 2.24) is 9.55 Å². The molecule has 1 aromatic heterocycles. The minimum Gasteiger partial charge on any atom is -0.340 e. The van der Waals surface area contributed by atoms with Crippen LogP contribution in [0.5, 0.6) is 0 Å². The number of rotatable bonds is 2. The Balaban J connectivity index is 2.24. The van der Waals surface area contributed by atoms with Crippen LogP contribution in [0.25, 0.3) is 0 Å². The average molecular weight is 243 g/mol.